The number of ether oxygens (including phenoxy) is 2. The van der Waals surface area contributed by atoms with Crippen LogP contribution in [0.2, 0.25) is 0 Å². The first kappa shape index (κ1) is 12.2. The van der Waals surface area contributed by atoms with Crippen LogP contribution in [0.3, 0.4) is 0 Å². The minimum Gasteiger partial charge on any atom is -0.493 e. The number of Topliss-reactive ketones (excluding diaryl/α,β-unsaturated/α-hetero) is 1. The summed E-state index contributed by atoms with van der Waals surface area (Å²) in [7, 11) is 2.70. The third kappa shape index (κ3) is 1.75. The minimum atomic E-state index is -1.89. The minimum absolute atomic E-state index is 0.0161. The fourth-order valence-corrected chi connectivity index (χ4v) is 1.70. The molecule has 0 heterocycles. The number of benzene rings is 1. The lowest BCUT2D eigenvalue weighted by Gasteiger charge is -2.32. The molecule has 18 heavy (non-hydrogen) atoms. The van der Waals surface area contributed by atoms with E-state index in [1.807, 2.05) is 18.2 Å². The van der Waals surface area contributed by atoms with Crippen LogP contribution in [-0.2, 0) is 14.3 Å². The van der Waals surface area contributed by atoms with Crippen LogP contribution in [0, 0.1) is 11.8 Å². The van der Waals surface area contributed by atoms with Gasteiger partial charge in [0.15, 0.2) is 5.76 Å². The summed E-state index contributed by atoms with van der Waals surface area (Å²) in [5.74, 6) is 4.75. The van der Waals surface area contributed by atoms with E-state index in [0.29, 0.717) is 5.56 Å². The molecule has 1 atom stereocenters. The van der Waals surface area contributed by atoms with E-state index in [0.717, 1.165) is 0 Å². The van der Waals surface area contributed by atoms with Crippen molar-refractivity contribution >= 4 is 5.78 Å². The number of carbonyl (C=O) groups excluding carboxylic acids is 1. The van der Waals surface area contributed by atoms with E-state index >= 15 is 0 Å². The smallest absolute Gasteiger partial charge is 0.255 e. The van der Waals surface area contributed by atoms with Gasteiger partial charge in [-0.1, -0.05) is 24.1 Å². The van der Waals surface area contributed by atoms with Gasteiger partial charge in [0, 0.05) is 5.56 Å². The maximum atomic E-state index is 11.7. The predicted molar refractivity (Wildman–Crippen MR) is 64.3 cm³/mol. The number of carbonyl (C=O) groups is 1. The molecule has 0 amide bonds. The molecule has 1 aromatic carbocycles. The fourth-order valence-electron chi connectivity index (χ4n) is 1.70. The average molecular weight is 244 g/mol. The highest BCUT2D eigenvalue weighted by Gasteiger charge is 2.55. The number of hydrogen-bond acceptors (Lipinski definition) is 4. The third-order valence-corrected chi connectivity index (χ3v) is 2.64. The average Bonchev–Trinajstić information content (AvgIpc) is 2.42. The van der Waals surface area contributed by atoms with Crippen molar-refractivity contribution in [1.29, 1.82) is 0 Å². The summed E-state index contributed by atoms with van der Waals surface area (Å²) in [6, 6.07) is 9.08. The van der Waals surface area contributed by atoms with Crippen molar-refractivity contribution in [1.82, 2.24) is 0 Å². The number of hydrogen-bond donors (Lipinski definition) is 1. The molecule has 1 N–H and O–H groups in total. The number of methoxy groups -OCH3 is 2. The van der Waals surface area contributed by atoms with Crippen molar-refractivity contribution in [3.05, 3.63) is 47.4 Å². The molecule has 1 aliphatic rings. The van der Waals surface area contributed by atoms with Gasteiger partial charge in [-0.15, -0.1) is 0 Å². The summed E-state index contributed by atoms with van der Waals surface area (Å²) in [6.45, 7) is 0. The van der Waals surface area contributed by atoms with Crippen LogP contribution in [0.5, 0.6) is 0 Å². The molecule has 0 aromatic heterocycles. The zero-order valence-corrected chi connectivity index (χ0v) is 10.1. The van der Waals surface area contributed by atoms with Crippen molar-refractivity contribution < 1.29 is 19.4 Å². The van der Waals surface area contributed by atoms with Crippen LogP contribution in [0.15, 0.2) is 41.9 Å². The normalized spacial score (nSPS) is 21.8. The van der Waals surface area contributed by atoms with Gasteiger partial charge < -0.3 is 14.6 Å². The highest BCUT2D eigenvalue weighted by atomic mass is 16.5. The molecule has 1 unspecified atom stereocenters. The Balaban J connectivity index is 2.34. The Morgan fingerprint density at radius 1 is 1.17 bits per heavy atom. The van der Waals surface area contributed by atoms with E-state index in [4.69, 9.17) is 9.47 Å². The zero-order chi connectivity index (χ0) is 13.2. The topological polar surface area (TPSA) is 55.8 Å². The first-order chi connectivity index (χ1) is 8.63. The highest BCUT2D eigenvalue weighted by Crippen LogP contribution is 2.35. The molecule has 0 aliphatic heterocycles. The molecule has 1 aromatic rings. The van der Waals surface area contributed by atoms with Crippen LogP contribution in [0.1, 0.15) is 5.56 Å². The lowest BCUT2D eigenvalue weighted by Crippen LogP contribution is -2.51. The number of aliphatic hydroxyl groups is 1. The summed E-state index contributed by atoms with van der Waals surface area (Å²) in [4.78, 5) is 11.7. The summed E-state index contributed by atoms with van der Waals surface area (Å²) in [5, 5.41) is 10.1. The van der Waals surface area contributed by atoms with Crippen molar-refractivity contribution in [3.8, 4) is 11.8 Å². The Hall–Kier alpha value is -2.25. The molecule has 2 rings (SSSR count). The number of ketones is 1. The second-order valence-corrected chi connectivity index (χ2v) is 3.72. The van der Waals surface area contributed by atoms with Gasteiger partial charge in [-0.05, 0) is 18.1 Å². The molecule has 4 nitrogen and oxygen atoms in total. The van der Waals surface area contributed by atoms with Gasteiger partial charge in [0.2, 0.25) is 5.76 Å². The van der Waals surface area contributed by atoms with E-state index in [1.165, 1.54) is 14.2 Å². The summed E-state index contributed by atoms with van der Waals surface area (Å²) in [6.07, 6.45) is 0. The number of rotatable bonds is 2. The molecule has 0 bridgehead atoms. The highest BCUT2D eigenvalue weighted by molar-refractivity contribution is 6.12. The quantitative estimate of drug-likeness (QED) is 0.784. The largest absolute Gasteiger partial charge is 0.493 e. The van der Waals surface area contributed by atoms with Crippen molar-refractivity contribution in [2.45, 2.75) is 5.60 Å². The lowest BCUT2D eigenvalue weighted by molar-refractivity contribution is -0.138. The van der Waals surface area contributed by atoms with Crippen LogP contribution < -0.4 is 0 Å². The first-order valence-electron chi connectivity index (χ1n) is 5.31. The van der Waals surface area contributed by atoms with Gasteiger partial charge in [-0.2, -0.15) is 0 Å². The molecule has 4 heteroatoms. The van der Waals surface area contributed by atoms with Crippen LogP contribution >= 0.6 is 0 Å². The van der Waals surface area contributed by atoms with Crippen LogP contribution in [0.25, 0.3) is 0 Å². The molecule has 0 spiro atoms. The van der Waals surface area contributed by atoms with E-state index in [9.17, 15) is 9.90 Å². The first-order valence-corrected chi connectivity index (χ1v) is 5.31. The summed E-state index contributed by atoms with van der Waals surface area (Å²) < 4.78 is 9.77. The van der Waals surface area contributed by atoms with Crippen LogP contribution in [-0.4, -0.2) is 30.7 Å². The van der Waals surface area contributed by atoms with E-state index in [1.54, 1.807) is 12.1 Å². The Kier molecular flexibility index (Phi) is 3.09. The predicted octanol–water partition coefficient (Wildman–Crippen LogP) is 0.856. The van der Waals surface area contributed by atoms with Gasteiger partial charge in [0.05, 0.1) is 14.2 Å². The fraction of sp³-hybridized carbons (Fsp3) is 0.214. The van der Waals surface area contributed by atoms with Gasteiger partial charge in [-0.3, -0.25) is 4.79 Å². The maximum Gasteiger partial charge on any atom is 0.255 e. The van der Waals surface area contributed by atoms with Gasteiger partial charge in [-0.25, -0.2) is 0 Å². The van der Waals surface area contributed by atoms with Crippen LogP contribution in [0.4, 0.5) is 0 Å². The molecular weight excluding hydrogens is 232 g/mol. The monoisotopic (exact) mass is 244 g/mol. The molecule has 0 radical (unpaired) electrons. The zero-order valence-electron chi connectivity index (χ0n) is 10.1. The van der Waals surface area contributed by atoms with E-state index in [2.05, 4.69) is 11.8 Å². The molecule has 0 saturated heterocycles. The van der Waals surface area contributed by atoms with Gasteiger partial charge in [0.25, 0.3) is 11.4 Å². The van der Waals surface area contributed by atoms with Crippen molar-refractivity contribution in [3.63, 3.8) is 0 Å². The molecule has 1 aliphatic carbocycles. The molecule has 0 saturated carbocycles. The Morgan fingerprint density at radius 2 is 1.83 bits per heavy atom. The van der Waals surface area contributed by atoms with Gasteiger partial charge in [0.1, 0.15) is 0 Å². The van der Waals surface area contributed by atoms with Crippen molar-refractivity contribution in [2.75, 3.05) is 14.2 Å². The van der Waals surface area contributed by atoms with E-state index in [-0.39, 0.29) is 11.5 Å². The Morgan fingerprint density at radius 3 is 2.39 bits per heavy atom. The second-order valence-electron chi connectivity index (χ2n) is 3.72. The van der Waals surface area contributed by atoms with E-state index < -0.39 is 11.4 Å². The Labute approximate surface area is 105 Å². The van der Waals surface area contributed by atoms with Gasteiger partial charge >= 0.3 is 0 Å². The maximum absolute atomic E-state index is 11.7. The standard InChI is InChI=1S/C14H12O4/c1-17-11-12(15)14(16,13(11)18-2)9-8-10-6-4-3-5-7-10/h3-7,16H,1-2H3. The summed E-state index contributed by atoms with van der Waals surface area (Å²) in [5.41, 5.74) is -1.18. The SMILES string of the molecule is COC1=C(OC)C(O)(C#Cc2ccccc2)C1=O. The third-order valence-electron chi connectivity index (χ3n) is 2.64. The molecule has 0 fully saturated rings. The van der Waals surface area contributed by atoms with Crippen molar-refractivity contribution in [2.24, 2.45) is 0 Å². The molecule has 92 valence electrons. The summed E-state index contributed by atoms with van der Waals surface area (Å²) >= 11 is 0. The molecular formula is C14H12O4. The Bertz CT molecular complexity index is 562. The second kappa shape index (κ2) is 4.55. The lowest BCUT2D eigenvalue weighted by atomic mass is 9.83.